The summed E-state index contributed by atoms with van der Waals surface area (Å²) in [6, 6.07) is 0. The van der Waals surface area contributed by atoms with Gasteiger partial charge in [-0.2, -0.15) is 0 Å². The maximum atomic E-state index is 12.6. The molecule has 0 aromatic carbocycles. The zero-order valence-corrected chi connectivity index (χ0v) is 34.0. The Hall–Kier alpha value is -1.59. The lowest BCUT2D eigenvalue weighted by molar-refractivity contribution is -0.167. The van der Waals surface area contributed by atoms with Crippen LogP contribution in [0, 0.1) is 11.8 Å². The maximum absolute atomic E-state index is 12.6. The molecule has 6 nitrogen and oxygen atoms in total. The van der Waals surface area contributed by atoms with Gasteiger partial charge in [0.15, 0.2) is 6.10 Å². The van der Waals surface area contributed by atoms with Crippen molar-refractivity contribution in [1.29, 1.82) is 0 Å². The molecule has 0 aliphatic rings. The number of hydrogen-bond donors (Lipinski definition) is 0. The largest absolute Gasteiger partial charge is 0.462 e. The summed E-state index contributed by atoms with van der Waals surface area (Å²) in [6.07, 6.45) is 33.9. The summed E-state index contributed by atoms with van der Waals surface area (Å²) < 4.78 is 16.6. The molecule has 296 valence electrons. The van der Waals surface area contributed by atoms with Crippen molar-refractivity contribution >= 4 is 17.9 Å². The molecule has 0 saturated heterocycles. The van der Waals surface area contributed by atoms with Gasteiger partial charge >= 0.3 is 17.9 Å². The molecule has 0 spiro atoms. The van der Waals surface area contributed by atoms with E-state index in [1.54, 1.807) is 0 Å². The third-order valence-corrected chi connectivity index (χ3v) is 9.72. The lowest BCUT2D eigenvalue weighted by Gasteiger charge is -2.18. The first-order chi connectivity index (χ1) is 24.2. The van der Waals surface area contributed by atoms with Gasteiger partial charge in [-0.15, -0.1) is 0 Å². The molecule has 6 heteroatoms. The van der Waals surface area contributed by atoms with Crippen molar-refractivity contribution in [3.8, 4) is 0 Å². The van der Waals surface area contributed by atoms with Gasteiger partial charge in [0.25, 0.3) is 0 Å². The van der Waals surface area contributed by atoms with Crippen LogP contribution in [-0.4, -0.2) is 37.2 Å². The predicted octanol–water partition coefficient (Wildman–Crippen LogP) is 13.4. The van der Waals surface area contributed by atoms with E-state index in [0.29, 0.717) is 19.3 Å². The van der Waals surface area contributed by atoms with Gasteiger partial charge in [-0.05, 0) is 31.1 Å². The molecule has 0 saturated carbocycles. The summed E-state index contributed by atoms with van der Waals surface area (Å²) in [5, 5.41) is 0. The molecule has 0 radical (unpaired) electrons. The zero-order chi connectivity index (χ0) is 36.9. The zero-order valence-electron chi connectivity index (χ0n) is 34.0. The first-order valence-electron chi connectivity index (χ1n) is 21.7. The molecule has 0 bridgehead atoms. The van der Waals surface area contributed by atoms with Gasteiger partial charge in [0, 0.05) is 19.3 Å². The van der Waals surface area contributed by atoms with E-state index in [0.717, 1.165) is 69.6 Å². The van der Waals surface area contributed by atoms with Crippen LogP contribution in [0.4, 0.5) is 0 Å². The average molecular weight is 709 g/mol. The lowest BCUT2D eigenvalue weighted by atomic mass is 10.0. The maximum Gasteiger partial charge on any atom is 0.306 e. The highest BCUT2D eigenvalue weighted by atomic mass is 16.6. The molecule has 0 fully saturated rings. The Morgan fingerprint density at radius 1 is 0.380 bits per heavy atom. The molecule has 0 aromatic rings. The van der Waals surface area contributed by atoms with Crippen molar-refractivity contribution in [2.75, 3.05) is 13.2 Å². The van der Waals surface area contributed by atoms with E-state index in [1.807, 2.05) is 0 Å². The highest BCUT2D eigenvalue weighted by molar-refractivity contribution is 5.71. The van der Waals surface area contributed by atoms with Gasteiger partial charge in [-0.1, -0.05) is 195 Å². The average Bonchev–Trinajstić information content (AvgIpc) is 3.08. The number of esters is 3. The van der Waals surface area contributed by atoms with Crippen molar-refractivity contribution < 1.29 is 28.6 Å². The minimum absolute atomic E-state index is 0.0661. The van der Waals surface area contributed by atoms with Crippen molar-refractivity contribution in [2.24, 2.45) is 11.8 Å². The number of carbonyl (C=O) groups is 3. The molecule has 1 atom stereocenters. The second kappa shape index (κ2) is 37.2. The fraction of sp³-hybridized carbons (Fsp3) is 0.932. The van der Waals surface area contributed by atoms with Gasteiger partial charge in [-0.3, -0.25) is 14.4 Å². The van der Waals surface area contributed by atoms with Gasteiger partial charge in [0.1, 0.15) is 13.2 Å². The number of unbranched alkanes of at least 4 members (excludes halogenated alkanes) is 23. The van der Waals surface area contributed by atoms with Crippen molar-refractivity contribution in [3.05, 3.63) is 0 Å². The lowest BCUT2D eigenvalue weighted by Crippen LogP contribution is -2.30. The summed E-state index contributed by atoms with van der Waals surface area (Å²) in [5.74, 6) is 0.743. The number of rotatable bonds is 38. The summed E-state index contributed by atoms with van der Waals surface area (Å²) in [5.41, 5.74) is 0. The molecular formula is C44H84O6. The van der Waals surface area contributed by atoms with E-state index in [-0.39, 0.29) is 31.1 Å². The quantitative estimate of drug-likeness (QED) is 0.0361. The van der Waals surface area contributed by atoms with Crippen molar-refractivity contribution in [3.63, 3.8) is 0 Å². The SMILES string of the molecule is CCCCCCCCCC(=O)OC[C@@H](COC(=O)CCCCCCCCCCCCCCC(C)C)OC(=O)CCCCCCCCCC(C)C. The van der Waals surface area contributed by atoms with Crippen LogP contribution in [0.2, 0.25) is 0 Å². The minimum Gasteiger partial charge on any atom is -0.462 e. The fourth-order valence-electron chi connectivity index (χ4n) is 6.40. The monoisotopic (exact) mass is 709 g/mol. The first-order valence-corrected chi connectivity index (χ1v) is 21.7. The van der Waals surface area contributed by atoms with E-state index in [1.165, 1.54) is 122 Å². The van der Waals surface area contributed by atoms with Gasteiger partial charge in [0.05, 0.1) is 0 Å². The molecular weight excluding hydrogens is 624 g/mol. The summed E-state index contributed by atoms with van der Waals surface area (Å²) >= 11 is 0. The van der Waals surface area contributed by atoms with E-state index in [9.17, 15) is 14.4 Å². The minimum atomic E-state index is -0.759. The number of hydrogen-bond acceptors (Lipinski definition) is 6. The van der Waals surface area contributed by atoms with Crippen LogP contribution in [0.25, 0.3) is 0 Å². The molecule has 0 amide bonds. The molecule has 0 rings (SSSR count). The number of ether oxygens (including phenoxy) is 3. The molecule has 0 aliphatic heterocycles. The third kappa shape index (κ3) is 37.7. The van der Waals surface area contributed by atoms with Crippen LogP contribution in [-0.2, 0) is 28.6 Å². The summed E-state index contributed by atoms with van der Waals surface area (Å²) in [6.45, 7) is 11.2. The second-order valence-electron chi connectivity index (χ2n) is 15.9. The summed E-state index contributed by atoms with van der Waals surface area (Å²) in [7, 11) is 0. The van der Waals surface area contributed by atoms with E-state index < -0.39 is 6.10 Å². The van der Waals surface area contributed by atoms with Gasteiger partial charge in [-0.25, -0.2) is 0 Å². The Balaban J connectivity index is 4.26. The van der Waals surface area contributed by atoms with E-state index in [4.69, 9.17) is 14.2 Å². The van der Waals surface area contributed by atoms with Crippen LogP contribution in [0.1, 0.15) is 234 Å². The van der Waals surface area contributed by atoms with Crippen LogP contribution < -0.4 is 0 Å². The third-order valence-electron chi connectivity index (χ3n) is 9.72. The second-order valence-corrected chi connectivity index (χ2v) is 15.9. The van der Waals surface area contributed by atoms with Crippen molar-refractivity contribution in [2.45, 2.75) is 240 Å². The van der Waals surface area contributed by atoms with Crippen LogP contribution in [0.15, 0.2) is 0 Å². The van der Waals surface area contributed by atoms with Crippen LogP contribution >= 0.6 is 0 Å². The Morgan fingerprint density at radius 3 is 0.980 bits per heavy atom. The molecule has 0 unspecified atom stereocenters. The van der Waals surface area contributed by atoms with E-state index >= 15 is 0 Å². The predicted molar refractivity (Wildman–Crippen MR) is 210 cm³/mol. The van der Waals surface area contributed by atoms with Gasteiger partial charge < -0.3 is 14.2 Å². The van der Waals surface area contributed by atoms with Crippen LogP contribution in [0.3, 0.4) is 0 Å². The Labute approximate surface area is 310 Å². The highest BCUT2D eigenvalue weighted by Gasteiger charge is 2.19. The van der Waals surface area contributed by atoms with E-state index in [2.05, 4.69) is 34.6 Å². The fourth-order valence-corrected chi connectivity index (χ4v) is 6.40. The Bertz CT molecular complexity index is 764. The molecule has 0 heterocycles. The highest BCUT2D eigenvalue weighted by Crippen LogP contribution is 2.16. The standard InChI is InChI=1S/C44H84O6/c1-6-7-8-9-17-24-29-34-42(45)48-37-41(50-44(47)36-31-26-21-16-19-23-28-33-40(4)5)38-49-43(46)35-30-25-20-15-13-11-10-12-14-18-22-27-32-39(2)3/h39-41H,6-38H2,1-5H3/t41-/m0/s1. The number of carbonyl (C=O) groups excluding carboxylic acids is 3. The van der Waals surface area contributed by atoms with Crippen LogP contribution in [0.5, 0.6) is 0 Å². The van der Waals surface area contributed by atoms with Crippen molar-refractivity contribution in [1.82, 2.24) is 0 Å². The molecule has 0 aromatic heterocycles. The molecule has 0 aliphatic carbocycles. The Kier molecular flexibility index (Phi) is 36.0. The molecule has 0 N–H and O–H groups in total. The normalized spacial score (nSPS) is 12.1. The first kappa shape index (κ1) is 48.4. The summed E-state index contributed by atoms with van der Waals surface area (Å²) in [4.78, 5) is 37.5. The topological polar surface area (TPSA) is 78.9 Å². The van der Waals surface area contributed by atoms with Gasteiger partial charge in [0.2, 0.25) is 0 Å². The Morgan fingerprint density at radius 2 is 0.660 bits per heavy atom. The molecule has 50 heavy (non-hydrogen) atoms. The smallest absolute Gasteiger partial charge is 0.306 e.